The van der Waals surface area contributed by atoms with E-state index in [0.29, 0.717) is 12.4 Å². The van der Waals surface area contributed by atoms with Gasteiger partial charge in [-0.1, -0.05) is 13.3 Å². The van der Waals surface area contributed by atoms with E-state index in [9.17, 15) is 4.79 Å². The van der Waals surface area contributed by atoms with Crippen LogP contribution in [-0.2, 0) is 17.7 Å². The zero-order valence-electron chi connectivity index (χ0n) is 12.6. The number of nitrogens with zero attached hydrogens (tertiary/aromatic N) is 2. The minimum Gasteiger partial charge on any atom is -0.461 e. The van der Waals surface area contributed by atoms with Crippen LogP contribution >= 0.6 is 11.8 Å². The van der Waals surface area contributed by atoms with Crippen molar-refractivity contribution < 1.29 is 9.53 Å². The van der Waals surface area contributed by atoms with Gasteiger partial charge in [0.05, 0.1) is 6.61 Å². The molecule has 0 aliphatic heterocycles. The lowest BCUT2D eigenvalue weighted by atomic mass is 10.2. The molecule has 1 heterocycles. The number of hydrogen-bond acceptors (Lipinski definition) is 5. The third-order valence-electron chi connectivity index (χ3n) is 3.10. The Morgan fingerprint density at radius 3 is 2.70 bits per heavy atom. The molecular weight excluding hydrogens is 274 g/mol. The second kappa shape index (κ2) is 8.89. The zero-order valence-corrected chi connectivity index (χ0v) is 13.5. The molecule has 0 aliphatic carbocycles. The third kappa shape index (κ3) is 4.44. The van der Waals surface area contributed by atoms with Crippen LogP contribution in [0.15, 0.2) is 0 Å². The Morgan fingerprint density at radius 2 is 2.10 bits per heavy atom. The molecule has 0 saturated carbocycles. The number of unbranched alkanes of at least 4 members (excludes halogenated alkanes) is 2. The predicted octanol–water partition coefficient (Wildman–Crippen LogP) is 2.74. The van der Waals surface area contributed by atoms with E-state index in [1.807, 2.05) is 23.3 Å². The van der Waals surface area contributed by atoms with E-state index in [1.54, 1.807) is 6.92 Å². The number of esters is 1. The Hall–Kier alpha value is -1.17. The molecule has 2 N–H and O–H groups in total. The van der Waals surface area contributed by atoms with E-state index in [4.69, 9.17) is 10.5 Å². The van der Waals surface area contributed by atoms with Crippen LogP contribution in [0.1, 0.15) is 49.4 Å². The molecule has 0 spiro atoms. The van der Waals surface area contributed by atoms with Crippen LogP contribution in [0, 0.1) is 0 Å². The SMILES string of the molecule is CCOC(=O)c1nc(CC)n(CCCCCSC)c1N. The van der Waals surface area contributed by atoms with E-state index in [0.717, 1.165) is 31.6 Å². The van der Waals surface area contributed by atoms with Gasteiger partial charge in [-0.25, -0.2) is 9.78 Å². The minimum absolute atomic E-state index is 0.257. The fourth-order valence-electron chi connectivity index (χ4n) is 2.08. The largest absolute Gasteiger partial charge is 0.461 e. The molecule has 0 aliphatic rings. The van der Waals surface area contributed by atoms with E-state index in [1.165, 1.54) is 12.2 Å². The van der Waals surface area contributed by atoms with Gasteiger partial charge in [-0.05, 0) is 31.8 Å². The molecule has 20 heavy (non-hydrogen) atoms. The van der Waals surface area contributed by atoms with Gasteiger partial charge in [-0.2, -0.15) is 11.8 Å². The highest BCUT2D eigenvalue weighted by molar-refractivity contribution is 7.98. The summed E-state index contributed by atoms with van der Waals surface area (Å²) in [5, 5.41) is 0. The monoisotopic (exact) mass is 299 g/mol. The number of anilines is 1. The summed E-state index contributed by atoms with van der Waals surface area (Å²) in [4.78, 5) is 16.1. The van der Waals surface area contributed by atoms with Crippen LogP contribution in [0.2, 0.25) is 0 Å². The molecule has 1 rings (SSSR count). The summed E-state index contributed by atoms with van der Waals surface area (Å²) in [7, 11) is 0. The van der Waals surface area contributed by atoms with Gasteiger partial charge in [0.25, 0.3) is 0 Å². The first-order chi connectivity index (χ1) is 9.65. The first-order valence-corrected chi connectivity index (χ1v) is 8.55. The second-order valence-corrected chi connectivity index (χ2v) is 5.53. The number of aryl methyl sites for hydroxylation is 1. The highest BCUT2D eigenvalue weighted by Gasteiger charge is 2.20. The number of thioether (sulfide) groups is 1. The summed E-state index contributed by atoms with van der Waals surface area (Å²) in [6.45, 7) is 4.94. The number of ether oxygens (including phenoxy) is 1. The van der Waals surface area contributed by atoms with E-state index in [2.05, 4.69) is 11.2 Å². The molecule has 6 heteroatoms. The van der Waals surface area contributed by atoms with Crippen molar-refractivity contribution in [2.75, 3.05) is 24.3 Å². The summed E-state index contributed by atoms with van der Waals surface area (Å²) >= 11 is 1.87. The van der Waals surface area contributed by atoms with Crippen LogP contribution in [0.4, 0.5) is 5.82 Å². The summed E-state index contributed by atoms with van der Waals surface area (Å²) in [5.74, 6) is 2.05. The van der Waals surface area contributed by atoms with Gasteiger partial charge in [-0.15, -0.1) is 0 Å². The quantitative estimate of drug-likeness (QED) is 0.561. The van der Waals surface area contributed by atoms with Gasteiger partial charge in [-0.3, -0.25) is 0 Å². The van der Waals surface area contributed by atoms with Gasteiger partial charge in [0.2, 0.25) is 0 Å². The van der Waals surface area contributed by atoms with E-state index < -0.39 is 5.97 Å². The van der Waals surface area contributed by atoms with E-state index in [-0.39, 0.29) is 5.69 Å². The minimum atomic E-state index is -0.430. The Bertz CT molecular complexity index is 432. The van der Waals surface area contributed by atoms with Crippen LogP contribution in [0.5, 0.6) is 0 Å². The van der Waals surface area contributed by atoms with Gasteiger partial charge < -0.3 is 15.0 Å². The second-order valence-electron chi connectivity index (χ2n) is 4.54. The number of nitrogen functional groups attached to an aromatic ring is 1. The highest BCUT2D eigenvalue weighted by atomic mass is 32.2. The van der Waals surface area contributed by atoms with E-state index >= 15 is 0 Å². The van der Waals surface area contributed by atoms with Crippen molar-refractivity contribution in [3.63, 3.8) is 0 Å². The zero-order chi connectivity index (χ0) is 15.0. The maximum Gasteiger partial charge on any atom is 0.360 e. The van der Waals surface area contributed by atoms with Crippen LogP contribution in [0.25, 0.3) is 0 Å². The number of hydrogen-bond donors (Lipinski definition) is 1. The van der Waals surface area contributed by atoms with Crippen LogP contribution in [0.3, 0.4) is 0 Å². The molecule has 5 nitrogen and oxygen atoms in total. The Kier molecular flexibility index (Phi) is 7.51. The summed E-state index contributed by atoms with van der Waals surface area (Å²) in [5.41, 5.74) is 6.30. The highest BCUT2D eigenvalue weighted by Crippen LogP contribution is 2.18. The molecule has 0 aromatic carbocycles. The number of imidazole rings is 1. The summed E-state index contributed by atoms with van der Waals surface area (Å²) in [6, 6.07) is 0. The molecule has 0 unspecified atom stereocenters. The summed E-state index contributed by atoms with van der Waals surface area (Å²) in [6.07, 6.45) is 6.30. The summed E-state index contributed by atoms with van der Waals surface area (Å²) < 4.78 is 6.93. The third-order valence-corrected chi connectivity index (χ3v) is 3.80. The van der Waals surface area contributed by atoms with Gasteiger partial charge >= 0.3 is 5.97 Å². The molecule has 0 saturated heterocycles. The van der Waals surface area contributed by atoms with Crippen molar-refractivity contribution in [3.8, 4) is 0 Å². The molecule has 0 fully saturated rings. The lowest BCUT2D eigenvalue weighted by Crippen LogP contribution is -2.10. The Balaban J connectivity index is 2.71. The number of rotatable bonds is 9. The number of carbonyl (C=O) groups is 1. The number of nitrogens with two attached hydrogens (primary N) is 1. The molecule has 114 valence electrons. The molecule has 1 aromatic heterocycles. The normalized spacial score (nSPS) is 10.8. The molecule has 0 bridgehead atoms. The Labute approximate surface area is 125 Å². The van der Waals surface area contributed by atoms with Crippen molar-refractivity contribution in [2.24, 2.45) is 0 Å². The van der Waals surface area contributed by atoms with Crippen LogP contribution in [-0.4, -0.2) is 34.1 Å². The van der Waals surface area contributed by atoms with Gasteiger partial charge in [0.15, 0.2) is 5.69 Å². The fraction of sp³-hybridized carbons (Fsp3) is 0.714. The average Bonchev–Trinajstić information content (AvgIpc) is 2.76. The maximum absolute atomic E-state index is 11.8. The maximum atomic E-state index is 11.8. The fourth-order valence-corrected chi connectivity index (χ4v) is 2.57. The number of aromatic nitrogens is 2. The van der Waals surface area contributed by atoms with Crippen LogP contribution < -0.4 is 5.73 Å². The molecule has 0 radical (unpaired) electrons. The first kappa shape index (κ1) is 16.9. The standard InChI is InChI=1S/C14H25N3O2S/c1-4-11-16-12(14(18)19-5-2)13(15)17(11)9-7-6-8-10-20-3/h4-10,15H2,1-3H3. The van der Waals surface area contributed by atoms with Crippen molar-refractivity contribution in [3.05, 3.63) is 11.5 Å². The van der Waals surface area contributed by atoms with Crippen molar-refractivity contribution in [1.82, 2.24) is 9.55 Å². The average molecular weight is 299 g/mol. The molecule has 1 aromatic rings. The Morgan fingerprint density at radius 1 is 1.35 bits per heavy atom. The van der Waals surface area contributed by atoms with Crippen molar-refractivity contribution in [1.29, 1.82) is 0 Å². The van der Waals surface area contributed by atoms with Crippen molar-refractivity contribution in [2.45, 2.75) is 46.1 Å². The molecule has 0 atom stereocenters. The topological polar surface area (TPSA) is 70.1 Å². The smallest absolute Gasteiger partial charge is 0.360 e. The van der Waals surface area contributed by atoms with Gasteiger partial charge in [0.1, 0.15) is 11.6 Å². The molecular formula is C14H25N3O2S. The predicted molar refractivity (Wildman–Crippen MR) is 84.2 cm³/mol. The number of carbonyl (C=O) groups excluding carboxylic acids is 1. The molecule has 0 amide bonds. The van der Waals surface area contributed by atoms with Gasteiger partial charge in [0, 0.05) is 13.0 Å². The first-order valence-electron chi connectivity index (χ1n) is 7.16. The lowest BCUT2D eigenvalue weighted by Gasteiger charge is -2.08. The van der Waals surface area contributed by atoms with Crippen molar-refractivity contribution >= 4 is 23.5 Å². The lowest BCUT2D eigenvalue weighted by molar-refractivity contribution is 0.0521.